The van der Waals surface area contributed by atoms with Crippen molar-refractivity contribution >= 4 is 5.96 Å². The number of nitrogens with zero attached hydrogens (tertiary/aromatic N) is 1. The van der Waals surface area contributed by atoms with E-state index in [1.807, 2.05) is 43.3 Å². The molecule has 2 rings (SSSR count). The fraction of sp³-hybridized carbons (Fsp3) is 0.435. The first-order valence-electron chi connectivity index (χ1n) is 10.2. The second-order valence-electron chi connectivity index (χ2n) is 6.69. The lowest BCUT2D eigenvalue weighted by atomic mass is 10.1. The third-order valence-corrected chi connectivity index (χ3v) is 4.41. The monoisotopic (exact) mass is 399 g/mol. The van der Waals surface area contributed by atoms with Gasteiger partial charge in [0, 0.05) is 26.3 Å². The lowest BCUT2D eigenvalue weighted by molar-refractivity contribution is 0.145. The number of guanidine groups is 1. The van der Waals surface area contributed by atoms with Crippen LogP contribution in [0.4, 0.5) is 0 Å². The molecule has 0 fully saturated rings. The number of benzene rings is 2. The summed E-state index contributed by atoms with van der Waals surface area (Å²) in [5, 5.41) is 16.2. The minimum atomic E-state index is 0.302. The normalized spacial score (nSPS) is 11.3. The number of hydrogen-bond donors (Lipinski definition) is 3. The number of aromatic hydroxyl groups is 1. The molecule has 0 radical (unpaired) electrons. The summed E-state index contributed by atoms with van der Waals surface area (Å²) in [6, 6.07) is 15.3. The van der Waals surface area contributed by atoms with Crippen LogP contribution in [0.3, 0.4) is 0 Å². The second-order valence-corrected chi connectivity index (χ2v) is 6.69. The number of phenols is 1. The quantitative estimate of drug-likeness (QED) is 0.289. The molecule has 3 N–H and O–H groups in total. The molecule has 0 amide bonds. The van der Waals surface area contributed by atoms with Crippen molar-refractivity contribution < 1.29 is 14.6 Å². The third kappa shape index (κ3) is 9.34. The Morgan fingerprint density at radius 2 is 1.59 bits per heavy atom. The van der Waals surface area contributed by atoms with Crippen LogP contribution in [0.2, 0.25) is 0 Å². The molecular formula is C23H33N3O3. The molecule has 0 spiro atoms. The van der Waals surface area contributed by atoms with E-state index in [0.29, 0.717) is 12.3 Å². The summed E-state index contributed by atoms with van der Waals surface area (Å²) in [5.41, 5.74) is 2.34. The summed E-state index contributed by atoms with van der Waals surface area (Å²) in [4.78, 5) is 4.70. The number of methoxy groups -OCH3 is 1. The molecule has 6 nitrogen and oxygen atoms in total. The molecule has 158 valence electrons. The van der Waals surface area contributed by atoms with Crippen molar-refractivity contribution in [1.82, 2.24) is 10.6 Å². The third-order valence-electron chi connectivity index (χ3n) is 4.41. The van der Waals surface area contributed by atoms with Crippen molar-refractivity contribution in [3.63, 3.8) is 0 Å². The topological polar surface area (TPSA) is 75.1 Å². The molecule has 0 bridgehead atoms. The van der Waals surface area contributed by atoms with E-state index in [1.54, 1.807) is 19.2 Å². The Kier molecular flexibility index (Phi) is 10.5. The molecular weight excluding hydrogens is 366 g/mol. The number of aryl methyl sites for hydroxylation is 1. The van der Waals surface area contributed by atoms with Crippen molar-refractivity contribution in [2.75, 3.05) is 33.4 Å². The predicted octanol–water partition coefficient (Wildman–Crippen LogP) is 3.50. The number of nitrogens with one attached hydrogen (secondary N) is 2. The highest BCUT2D eigenvalue weighted by atomic mass is 16.5. The molecule has 0 atom stereocenters. The van der Waals surface area contributed by atoms with Crippen molar-refractivity contribution in [2.45, 2.75) is 32.7 Å². The summed E-state index contributed by atoms with van der Waals surface area (Å²) >= 11 is 0. The summed E-state index contributed by atoms with van der Waals surface area (Å²) in [7, 11) is 1.67. The van der Waals surface area contributed by atoms with Crippen molar-refractivity contribution in [3.8, 4) is 11.5 Å². The highest BCUT2D eigenvalue weighted by Crippen LogP contribution is 2.12. The maximum atomic E-state index is 9.37. The van der Waals surface area contributed by atoms with Gasteiger partial charge in [0.1, 0.15) is 11.5 Å². The zero-order valence-electron chi connectivity index (χ0n) is 17.5. The first kappa shape index (κ1) is 22.6. The van der Waals surface area contributed by atoms with Gasteiger partial charge in [0.15, 0.2) is 5.96 Å². The Balaban J connectivity index is 1.82. The van der Waals surface area contributed by atoms with Crippen LogP contribution < -0.4 is 15.4 Å². The maximum absolute atomic E-state index is 9.37. The van der Waals surface area contributed by atoms with E-state index < -0.39 is 0 Å². The Bertz CT molecular complexity index is 715. The van der Waals surface area contributed by atoms with E-state index in [4.69, 9.17) is 14.5 Å². The van der Waals surface area contributed by atoms with Gasteiger partial charge in [-0.2, -0.15) is 0 Å². The van der Waals surface area contributed by atoms with Gasteiger partial charge < -0.3 is 25.2 Å². The van der Waals surface area contributed by atoms with E-state index >= 15 is 0 Å². The molecule has 0 aliphatic rings. The number of phenolic OH excluding ortho intramolecular Hbond substituents is 1. The largest absolute Gasteiger partial charge is 0.508 e. The zero-order chi connectivity index (χ0) is 20.7. The standard InChI is InChI=1S/C23H33N3O3/c1-3-29-17-5-16-25-23(26-18-20-9-13-22(28-2)14-10-20)24-15-4-6-19-7-11-21(27)12-8-19/h7-14,27H,3-6,15-18H2,1-2H3,(H2,24,25,26). The molecule has 0 saturated carbocycles. The van der Waals surface area contributed by atoms with Gasteiger partial charge in [-0.1, -0.05) is 24.3 Å². The molecule has 0 aromatic heterocycles. The lowest BCUT2D eigenvalue weighted by Crippen LogP contribution is -2.38. The molecule has 0 aliphatic heterocycles. The Morgan fingerprint density at radius 3 is 2.24 bits per heavy atom. The van der Waals surface area contributed by atoms with Crippen LogP contribution in [0.1, 0.15) is 30.9 Å². The van der Waals surface area contributed by atoms with E-state index in [2.05, 4.69) is 10.6 Å². The molecule has 29 heavy (non-hydrogen) atoms. The van der Waals surface area contributed by atoms with Crippen LogP contribution in [0.25, 0.3) is 0 Å². The first-order chi connectivity index (χ1) is 14.2. The Morgan fingerprint density at radius 1 is 0.931 bits per heavy atom. The molecule has 0 heterocycles. The van der Waals surface area contributed by atoms with Gasteiger partial charge in [0.25, 0.3) is 0 Å². The second kappa shape index (κ2) is 13.4. The van der Waals surface area contributed by atoms with Crippen molar-refractivity contribution in [2.24, 2.45) is 4.99 Å². The zero-order valence-corrected chi connectivity index (χ0v) is 17.5. The van der Waals surface area contributed by atoms with Crippen molar-refractivity contribution in [1.29, 1.82) is 0 Å². The number of rotatable bonds is 12. The molecule has 0 aliphatic carbocycles. The summed E-state index contributed by atoms with van der Waals surface area (Å²) < 4.78 is 10.6. The van der Waals surface area contributed by atoms with Crippen LogP contribution in [-0.2, 0) is 17.7 Å². The molecule has 6 heteroatoms. The Hall–Kier alpha value is -2.73. The summed E-state index contributed by atoms with van der Waals surface area (Å²) in [6.45, 7) is 5.73. The minimum absolute atomic E-state index is 0.302. The first-order valence-corrected chi connectivity index (χ1v) is 10.2. The van der Waals surface area contributed by atoms with Gasteiger partial charge in [-0.3, -0.25) is 0 Å². The minimum Gasteiger partial charge on any atom is -0.508 e. The van der Waals surface area contributed by atoms with E-state index in [-0.39, 0.29) is 0 Å². The van der Waals surface area contributed by atoms with Crippen LogP contribution in [0, 0.1) is 0 Å². The van der Waals surface area contributed by atoms with Crippen LogP contribution in [-0.4, -0.2) is 44.5 Å². The SMILES string of the molecule is CCOCCCNC(=NCc1ccc(OC)cc1)NCCCc1ccc(O)cc1. The Labute approximate surface area is 174 Å². The van der Waals surface area contributed by atoms with Gasteiger partial charge in [-0.15, -0.1) is 0 Å². The fourth-order valence-corrected chi connectivity index (χ4v) is 2.76. The lowest BCUT2D eigenvalue weighted by Gasteiger charge is -2.13. The van der Waals surface area contributed by atoms with E-state index in [0.717, 1.165) is 62.8 Å². The number of aliphatic imine (C=N–C) groups is 1. The molecule has 2 aromatic rings. The number of hydrogen-bond acceptors (Lipinski definition) is 4. The molecule has 0 unspecified atom stereocenters. The van der Waals surface area contributed by atoms with Gasteiger partial charge in [-0.25, -0.2) is 4.99 Å². The van der Waals surface area contributed by atoms with Gasteiger partial charge in [0.2, 0.25) is 0 Å². The highest BCUT2D eigenvalue weighted by molar-refractivity contribution is 5.79. The summed E-state index contributed by atoms with van der Waals surface area (Å²) in [6.07, 6.45) is 2.86. The van der Waals surface area contributed by atoms with Crippen LogP contribution >= 0.6 is 0 Å². The summed E-state index contributed by atoms with van der Waals surface area (Å²) in [5.74, 6) is 1.96. The van der Waals surface area contributed by atoms with Gasteiger partial charge in [0.05, 0.1) is 13.7 Å². The average molecular weight is 400 g/mol. The molecule has 0 saturated heterocycles. The van der Waals surface area contributed by atoms with E-state index in [1.165, 1.54) is 5.56 Å². The van der Waals surface area contributed by atoms with Crippen molar-refractivity contribution in [3.05, 3.63) is 59.7 Å². The van der Waals surface area contributed by atoms with Gasteiger partial charge >= 0.3 is 0 Å². The molecule has 2 aromatic carbocycles. The van der Waals surface area contributed by atoms with Crippen LogP contribution in [0.15, 0.2) is 53.5 Å². The highest BCUT2D eigenvalue weighted by Gasteiger charge is 2.01. The number of ether oxygens (including phenoxy) is 2. The van der Waals surface area contributed by atoms with E-state index in [9.17, 15) is 5.11 Å². The fourth-order valence-electron chi connectivity index (χ4n) is 2.76. The average Bonchev–Trinajstić information content (AvgIpc) is 2.75. The smallest absolute Gasteiger partial charge is 0.191 e. The van der Waals surface area contributed by atoms with Gasteiger partial charge in [-0.05, 0) is 61.6 Å². The predicted molar refractivity (Wildman–Crippen MR) is 118 cm³/mol. The van der Waals surface area contributed by atoms with Crippen LogP contribution in [0.5, 0.6) is 11.5 Å². The maximum Gasteiger partial charge on any atom is 0.191 e.